The van der Waals surface area contributed by atoms with E-state index in [2.05, 4.69) is 0 Å². The predicted octanol–water partition coefficient (Wildman–Crippen LogP) is 3.38. The van der Waals surface area contributed by atoms with Crippen LogP contribution in [0.1, 0.15) is 51.9 Å². The first-order chi connectivity index (χ1) is 13.0. The Bertz CT molecular complexity index is 535. The highest BCUT2D eigenvalue weighted by atomic mass is 16.4. The summed E-state index contributed by atoms with van der Waals surface area (Å²) < 4.78 is 0. The number of hydrogen-bond donors (Lipinski definition) is 4. The summed E-state index contributed by atoms with van der Waals surface area (Å²) in [5.74, 6) is -1.03. The largest absolute Gasteiger partial charge is 0.481 e. The molecule has 0 aromatic rings. The first kappa shape index (κ1) is 23.3. The third-order valence-electron chi connectivity index (χ3n) is 4.79. The van der Waals surface area contributed by atoms with E-state index in [1.165, 1.54) is 0 Å². The smallest absolute Gasteiger partial charge is 0.303 e. The molecule has 0 amide bonds. The highest BCUT2D eigenvalue weighted by Gasteiger charge is 2.39. The number of aliphatic carboxylic acids is 1. The van der Waals surface area contributed by atoms with Gasteiger partial charge in [0.05, 0.1) is 18.3 Å². The molecule has 1 rings (SSSR count). The Morgan fingerprint density at radius 3 is 2.52 bits per heavy atom. The van der Waals surface area contributed by atoms with Crippen molar-refractivity contribution in [2.45, 2.75) is 70.2 Å². The van der Waals surface area contributed by atoms with Crippen LogP contribution < -0.4 is 0 Å². The lowest BCUT2D eigenvalue weighted by atomic mass is 9.89. The second-order valence-corrected chi connectivity index (χ2v) is 7.03. The van der Waals surface area contributed by atoms with Gasteiger partial charge in [0.25, 0.3) is 0 Å². The molecule has 0 heterocycles. The molecule has 152 valence electrons. The van der Waals surface area contributed by atoms with Crippen LogP contribution in [0.3, 0.4) is 0 Å². The minimum absolute atomic E-state index is 0.0677. The third-order valence-corrected chi connectivity index (χ3v) is 4.79. The number of allylic oxidation sites excluding steroid dienone is 5. The van der Waals surface area contributed by atoms with E-state index in [9.17, 15) is 20.1 Å². The minimum Gasteiger partial charge on any atom is -0.481 e. The van der Waals surface area contributed by atoms with Gasteiger partial charge in [0.2, 0.25) is 0 Å². The summed E-state index contributed by atoms with van der Waals surface area (Å²) in [6.45, 7) is 2.04. The topological polar surface area (TPSA) is 98.0 Å². The fraction of sp³-hybridized carbons (Fsp3) is 0.591. The Kier molecular flexibility index (Phi) is 11.7. The molecule has 1 fully saturated rings. The Hall–Kier alpha value is -1.69. The fourth-order valence-corrected chi connectivity index (χ4v) is 3.29. The van der Waals surface area contributed by atoms with E-state index in [1.54, 1.807) is 6.08 Å². The van der Waals surface area contributed by atoms with Crippen molar-refractivity contribution >= 4 is 5.97 Å². The first-order valence-corrected chi connectivity index (χ1v) is 9.85. The molecule has 1 saturated carbocycles. The molecule has 5 atom stereocenters. The summed E-state index contributed by atoms with van der Waals surface area (Å²) in [6.07, 6.45) is 17.4. The van der Waals surface area contributed by atoms with Gasteiger partial charge in [-0.1, -0.05) is 55.5 Å². The van der Waals surface area contributed by atoms with Crippen LogP contribution in [0.2, 0.25) is 0 Å². The van der Waals surface area contributed by atoms with E-state index in [0.29, 0.717) is 32.1 Å². The first-order valence-electron chi connectivity index (χ1n) is 9.85. The molecule has 5 heteroatoms. The lowest BCUT2D eigenvalue weighted by Crippen LogP contribution is -2.20. The van der Waals surface area contributed by atoms with Crippen LogP contribution in [0.4, 0.5) is 0 Å². The summed E-state index contributed by atoms with van der Waals surface area (Å²) >= 11 is 0. The Labute approximate surface area is 162 Å². The molecule has 0 spiro atoms. The number of rotatable bonds is 12. The summed E-state index contributed by atoms with van der Waals surface area (Å²) in [6, 6.07) is 0. The standard InChI is InChI=1S/C22H34O5/c1-2-3-8-11-17(23)14-15-19-18(20(24)16-21(19)25)12-9-6-4-5-7-10-13-22(26)27/h3,5-9,14-15,17-21,23-25H,2,4,10-13,16H2,1H3,(H,26,27)/b7-5-,8-3-,9-6-,15-14+/t17-,18-,19-,20-,21+/m1/s1. The molecule has 0 aliphatic heterocycles. The zero-order valence-electron chi connectivity index (χ0n) is 16.2. The van der Waals surface area contributed by atoms with Crippen LogP contribution in [0.25, 0.3) is 0 Å². The molecule has 1 aliphatic carbocycles. The van der Waals surface area contributed by atoms with Crippen LogP contribution in [0.15, 0.2) is 48.6 Å². The number of hydrogen-bond acceptors (Lipinski definition) is 4. The molecule has 0 saturated heterocycles. The van der Waals surface area contributed by atoms with Gasteiger partial charge in [0.15, 0.2) is 0 Å². The molecule has 1 aliphatic rings. The predicted molar refractivity (Wildman–Crippen MR) is 107 cm³/mol. The van der Waals surface area contributed by atoms with Gasteiger partial charge in [0, 0.05) is 18.8 Å². The molecular weight excluding hydrogens is 344 g/mol. The number of carboxylic acids is 1. The monoisotopic (exact) mass is 378 g/mol. The maximum atomic E-state index is 10.4. The molecule has 27 heavy (non-hydrogen) atoms. The van der Waals surface area contributed by atoms with Gasteiger partial charge in [0.1, 0.15) is 0 Å². The van der Waals surface area contributed by atoms with Gasteiger partial charge in [-0.05, 0) is 38.0 Å². The SMILES string of the molecule is CC/C=C\C[C@@H](O)/C=C/[C@@H]1[C@@H](C/C=C\C/C=C\CCC(=O)O)[C@H](O)C[C@@H]1O. The number of aliphatic hydroxyl groups is 3. The van der Waals surface area contributed by atoms with Crippen LogP contribution in [0.5, 0.6) is 0 Å². The van der Waals surface area contributed by atoms with Crippen molar-refractivity contribution < 1.29 is 25.2 Å². The zero-order chi connectivity index (χ0) is 20.1. The summed E-state index contributed by atoms with van der Waals surface area (Å²) in [5, 5.41) is 39.0. The lowest BCUT2D eigenvalue weighted by Gasteiger charge is -2.19. The van der Waals surface area contributed by atoms with E-state index in [1.807, 2.05) is 49.5 Å². The van der Waals surface area contributed by atoms with Gasteiger partial charge in [-0.3, -0.25) is 4.79 Å². The summed E-state index contributed by atoms with van der Waals surface area (Å²) in [5.41, 5.74) is 0. The number of aliphatic hydroxyl groups excluding tert-OH is 3. The van der Waals surface area contributed by atoms with Gasteiger partial charge < -0.3 is 20.4 Å². The maximum Gasteiger partial charge on any atom is 0.303 e. The van der Waals surface area contributed by atoms with Crippen molar-refractivity contribution in [3.8, 4) is 0 Å². The number of carbonyl (C=O) groups is 1. The van der Waals surface area contributed by atoms with E-state index < -0.39 is 24.3 Å². The van der Waals surface area contributed by atoms with Crippen LogP contribution >= 0.6 is 0 Å². The summed E-state index contributed by atoms with van der Waals surface area (Å²) in [7, 11) is 0. The molecule has 5 nitrogen and oxygen atoms in total. The highest BCUT2D eigenvalue weighted by molar-refractivity contribution is 5.66. The molecule has 0 bridgehead atoms. The Morgan fingerprint density at radius 1 is 1.07 bits per heavy atom. The van der Waals surface area contributed by atoms with E-state index in [4.69, 9.17) is 5.11 Å². The fourth-order valence-electron chi connectivity index (χ4n) is 3.29. The maximum absolute atomic E-state index is 10.4. The second-order valence-electron chi connectivity index (χ2n) is 7.03. The average Bonchev–Trinajstić information content (AvgIpc) is 2.88. The van der Waals surface area contributed by atoms with Crippen molar-refractivity contribution in [2.75, 3.05) is 0 Å². The van der Waals surface area contributed by atoms with E-state index in [0.717, 1.165) is 6.42 Å². The highest BCUT2D eigenvalue weighted by Crippen LogP contribution is 2.36. The van der Waals surface area contributed by atoms with Crippen molar-refractivity contribution in [1.29, 1.82) is 0 Å². The van der Waals surface area contributed by atoms with Crippen LogP contribution in [-0.2, 0) is 4.79 Å². The lowest BCUT2D eigenvalue weighted by molar-refractivity contribution is -0.136. The van der Waals surface area contributed by atoms with Crippen molar-refractivity contribution in [3.63, 3.8) is 0 Å². The van der Waals surface area contributed by atoms with Gasteiger partial charge in [-0.25, -0.2) is 0 Å². The minimum atomic E-state index is -0.797. The quantitative estimate of drug-likeness (QED) is 0.390. The Balaban J connectivity index is 2.47. The second kappa shape index (κ2) is 13.5. The Morgan fingerprint density at radius 2 is 1.81 bits per heavy atom. The molecule has 4 N–H and O–H groups in total. The average molecular weight is 379 g/mol. The van der Waals surface area contributed by atoms with Crippen molar-refractivity contribution in [1.82, 2.24) is 0 Å². The molecule has 0 radical (unpaired) electrons. The van der Waals surface area contributed by atoms with Crippen molar-refractivity contribution in [2.24, 2.45) is 11.8 Å². The molecular formula is C22H34O5. The van der Waals surface area contributed by atoms with Gasteiger partial charge in [-0.15, -0.1) is 0 Å². The summed E-state index contributed by atoms with van der Waals surface area (Å²) in [4.78, 5) is 10.4. The molecule has 0 unspecified atom stereocenters. The van der Waals surface area contributed by atoms with E-state index >= 15 is 0 Å². The number of carboxylic acid groups (broad SMARTS) is 1. The van der Waals surface area contributed by atoms with Crippen LogP contribution in [-0.4, -0.2) is 44.7 Å². The molecule has 0 aromatic heterocycles. The zero-order valence-corrected chi connectivity index (χ0v) is 16.2. The van der Waals surface area contributed by atoms with E-state index in [-0.39, 0.29) is 18.3 Å². The van der Waals surface area contributed by atoms with Gasteiger partial charge >= 0.3 is 5.97 Å². The third kappa shape index (κ3) is 9.70. The van der Waals surface area contributed by atoms with Crippen LogP contribution in [0, 0.1) is 11.8 Å². The van der Waals surface area contributed by atoms with Gasteiger partial charge in [-0.2, -0.15) is 0 Å². The van der Waals surface area contributed by atoms with Crippen molar-refractivity contribution in [3.05, 3.63) is 48.6 Å². The normalized spacial score (nSPS) is 27.6. The molecule has 0 aromatic carbocycles.